The number of carbonyl (C=O) groups is 1. The fourth-order valence-electron chi connectivity index (χ4n) is 1.46. The van der Waals surface area contributed by atoms with Crippen LogP contribution in [0.5, 0.6) is 0 Å². The lowest BCUT2D eigenvalue weighted by Crippen LogP contribution is -2.27. The summed E-state index contributed by atoms with van der Waals surface area (Å²) in [6, 6.07) is 1.55. The Morgan fingerprint density at radius 3 is 2.71 bits per heavy atom. The maximum Gasteiger partial charge on any atom is 0.255 e. The molecule has 1 rings (SSSR count). The number of rotatable bonds is 5. The Kier molecular flexibility index (Phi) is 5.72. The van der Waals surface area contributed by atoms with Crippen LogP contribution in [0, 0.1) is 0 Å². The third-order valence-electron chi connectivity index (χ3n) is 2.49. The second-order valence-electron chi connectivity index (χ2n) is 3.93. The summed E-state index contributed by atoms with van der Waals surface area (Å²) in [5.41, 5.74) is 0.471. The lowest BCUT2D eigenvalue weighted by molar-refractivity contribution is 0.0792. The molecule has 1 amide bonds. The smallest absolute Gasteiger partial charge is 0.255 e. The van der Waals surface area contributed by atoms with Crippen LogP contribution in [0.4, 0.5) is 0 Å². The van der Waals surface area contributed by atoms with Gasteiger partial charge in [0.2, 0.25) is 0 Å². The molecular formula is C12H16Cl2N2O. The minimum atomic E-state index is -0.0767. The predicted molar refractivity (Wildman–Crippen MR) is 70.7 cm³/mol. The van der Waals surface area contributed by atoms with Gasteiger partial charge in [0, 0.05) is 19.8 Å². The largest absolute Gasteiger partial charge is 0.342 e. The zero-order valence-corrected chi connectivity index (χ0v) is 11.6. The number of hydrogen-bond acceptors (Lipinski definition) is 2. The quantitative estimate of drug-likeness (QED) is 0.607. The minimum Gasteiger partial charge on any atom is -0.342 e. The molecular weight excluding hydrogens is 259 g/mol. The van der Waals surface area contributed by atoms with Crippen molar-refractivity contribution in [2.75, 3.05) is 13.6 Å². The monoisotopic (exact) mass is 274 g/mol. The number of halogens is 2. The molecule has 0 N–H and O–H groups in total. The predicted octanol–water partition coefficient (Wildman–Crippen LogP) is 3.65. The molecule has 1 aromatic rings. The molecule has 17 heavy (non-hydrogen) atoms. The Balaban J connectivity index is 2.65. The molecule has 5 heteroatoms. The molecule has 0 atom stereocenters. The van der Waals surface area contributed by atoms with Crippen molar-refractivity contribution in [3.63, 3.8) is 0 Å². The first kappa shape index (κ1) is 14.3. The van der Waals surface area contributed by atoms with E-state index < -0.39 is 0 Å². The van der Waals surface area contributed by atoms with Crippen molar-refractivity contribution >= 4 is 29.1 Å². The van der Waals surface area contributed by atoms with Crippen molar-refractivity contribution in [3.8, 4) is 0 Å². The van der Waals surface area contributed by atoms with Crippen LogP contribution < -0.4 is 0 Å². The summed E-state index contributed by atoms with van der Waals surface area (Å²) in [6.07, 6.45) is 4.72. The van der Waals surface area contributed by atoms with E-state index in [4.69, 9.17) is 23.2 Å². The summed E-state index contributed by atoms with van der Waals surface area (Å²) in [6.45, 7) is 2.87. The number of unbranched alkanes of at least 4 members (excludes halogenated alkanes) is 2. The number of amides is 1. The Labute approximate surface area is 112 Å². The number of nitrogens with zero attached hydrogens (tertiary/aromatic N) is 2. The fraction of sp³-hybridized carbons (Fsp3) is 0.500. The summed E-state index contributed by atoms with van der Waals surface area (Å²) >= 11 is 11.5. The van der Waals surface area contributed by atoms with E-state index in [-0.39, 0.29) is 11.1 Å². The highest BCUT2D eigenvalue weighted by Gasteiger charge is 2.13. The summed E-state index contributed by atoms with van der Waals surface area (Å²) in [5, 5.41) is 0.524. The molecule has 1 aromatic heterocycles. The summed E-state index contributed by atoms with van der Waals surface area (Å²) in [5.74, 6) is -0.0767. The average molecular weight is 275 g/mol. The Morgan fingerprint density at radius 1 is 1.41 bits per heavy atom. The molecule has 1 heterocycles. The van der Waals surface area contributed by atoms with Gasteiger partial charge in [0.15, 0.2) is 0 Å². The highest BCUT2D eigenvalue weighted by atomic mass is 35.5. The highest BCUT2D eigenvalue weighted by molar-refractivity contribution is 6.41. The van der Waals surface area contributed by atoms with Gasteiger partial charge in [0.05, 0.1) is 10.6 Å². The van der Waals surface area contributed by atoms with E-state index in [1.807, 2.05) is 0 Å². The van der Waals surface area contributed by atoms with E-state index in [1.54, 1.807) is 18.0 Å². The van der Waals surface area contributed by atoms with Gasteiger partial charge in [-0.25, -0.2) is 4.98 Å². The third-order valence-corrected chi connectivity index (χ3v) is 3.17. The van der Waals surface area contributed by atoms with Gasteiger partial charge in [-0.15, -0.1) is 0 Å². The Bertz CT molecular complexity index is 396. The van der Waals surface area contributed by atoms with Gasteiger partial charge in [-0.1, -0.05) is 43.0 Å². The van der Waals surface area contributed by atoms with E-state index in [1.165, 1.54) is 6.20 Å². The van der Waals surface area contributed by atoms with Gasteiger partial charge in [0.1, 0.15) is 5.15 Å². The molecule has 94 valence electrons. The lowest BCUT2D eigenvalue weighted by atomic mass is 10.2. The van der Waals surface area contributed by atoms with Crippen molar-refractivity contribution in [1.29, 1.82) is 0 Å². The number of carbonyl (C=O) groups excluding carboxylic acids is 1. The first-order valence-corrected chi connectivity index (χ1v) is 6.38. The maximum absolute atomic E-state index is 12.0. The average Bonchev–Trinajstić information content (AvgIpc) is 2.32. The van der Waals surface area contributed by atoms with Crippen molar-refractivity contribution in [1.82, 2.24) is 9.88 Å². The van der Waals surface area contributed by atoms with Crippen LogP contribution in [0.2, 0.25) is 10.2 Å². The van der Waals surface area contributed by atoms with Crippen molar-refractivity contribution in [3.05, 3.63) is 28.0 Å². The van der Waals surface area contributed by atoms with E-state index in [9.17, 15) is 4.79 Å². The van der Waals surface area contributed by atoms with Gasteiger partial charge in [-0.2, -0.15) is 0 Å². The van der Waals surface area contributed by atoms with E-state index >= 15 is 0 Å². The zero-order chi connectivity index (χ0) is 12.8. The van der Waals surface area contributed by atoms with E-state index in [0.29, 0.717) is 10.6 Å². The molecule has 0 aliphatic carbocycles. The Hall–Kier alpha value is -0.800. The van der Waals surface area contributed by atoms with Crippen LogP contribution >= 0.6 is 23.2 Å². The number of hydrogen-bond donors (Lipinski definition) is 0. The molecule has 0 fully saturated rings. The standard InChI is InChI=1S/C12H16Cl2N2O/c1-3-4-5-6-16(2)12(17)9-7-10(13)11(14)15-8-9/h7-8H,3-6H2,1-2H3. The minimum absolute atomic E-state index is 0.0767. The van der Waals surface area contributed by atoms with Gasteiger partial charge in [-0.3, -0.25) is 4.79 Å². The number of aromatic nitrogens is 1. The summed E-state index contributed by atoms with van der Waals surface area (Å²) in [7, 11) is 1.78. The van der Waals surface area contributed by atoms with Crippen LogP contribution in [-0.4, -0.2) is 29.4 Å². The normalized spacial score (nSPS) is 10.4. The highest BCUT2D eigenvalue weighted by Crippen LogP contribution is 2.20. The molecule has 0 unspecified atom stereocenters. The maximum atomic E-state index is 12.0. The van der Waals surface area contributed by atoms with Crippen molar-refractivity contribution in [2.45, 2.75) is 26.2 Å². The Morgan fingerprint density at radius 2 is 2.12 bits per heavy atom. The second-order valence-corrected chi connectivity index (χ2v) is 4.70. The van der Waals surface area contributed by atoms with Crippen LogP contribution in [0.25, 0.3) is 0 Å². The summed E-state index contributed by atoms with van der Waals surface area (Å²) < 4.78 is 0. The molecule has 0 spiro atoms. The number of pyridine rings is 1. The van der Waals surface area contributed by atoms with Gasteiger partial charge in [0.25, 0.3) is 5.91 Å². The van der Waals surface area contributed by atoms with E-state index in [2.05, 4.69) is 11.9 Å². The third kappa shape index (κ3) is 4.17. The zero-order valence-electron chi connectivity index (χ0n) is 10.0. The van der Waals surface area contributed by atoms with Crippen LogP contribution in [0.1, 0.15) is 36.5 Å². The topological polar surface area (TPSA) is 33.2 Å². The first-order valence-electron chi connectivity index (χ1n) is 5.62. The van der Waals surface area contributed by atoms with Crippen molar-refractivity contribution < 1.29 is 4.79 Å². The van der Waals surface area contributed by atoms with Crippen LogP contribution in [-0.2, 0) is 0 Å². The molecule has 0 saturated carbocycles. The molecule has 0 radical (unpaired) electrons. The van der Waals surface area contributed by atoms with Crippen LogP contribution in [0.3, 0.4) is 0 Å². The fourth-order valence-corrected chi connectivity index (χ4v) is 1.73. The molecule has 0 aliphatic rings. The molecule has 0 bridgehead atoms. The van der Waals surface area contributed by atoms with E-state index in [0.717, 1.165) is 25.8 Å². The SMILES string of the molecule is CCCCCN(C)C(=O)c1cnc(Cl)c(Cl)c1. The second kappa shape index (κ2) is 6.82. The lowest BCUT2D eigenvalue weighted by Gasteiger charge is -2.16. The van der Waals surface area contributed by atoms with Crippen molar-refractivity contribution in [2.24, 2.45) is 0 Å². The van der Waals surface area contributed by atoms with Gasteiger partial charge in [-0.05, 0) is 12.5 Å². The summed E-state index contributed by atoms with van der Waals surface area (Å²) in [4.78, 5) is 17.5. The first-order chi connectivity index (χ1) is 8.06. The van der Waals surface area contributed by atoms with Gasteiger partial charge >= 0.3 is 0 Å². The molecule has 0 saturated heterocycles. The van der Waals surface area contributed by atoms with Gasteiger partial charge < -0.3 is 4.90 Å². The molecule has 0 aliphatic heterocycles. The molecule has 3 nitrogen and oxygen atoms in total. The molecule has 0 aromatic carbocycles. The van der Waals surface area contributed by atoms with Crippen LogP contribution in [0.15, 0.2) is 12.3 Å².